The molecule has 130 valence electrons. The lowest BCUT2D eigenvalue weighted by molar-refractivity contribution is -0.120. The molecule has 4 aromatic rings. The third kappa shape index (κ3) is 3.54. The highest BCUT2D eigenvalue weighted by atomic mass is 35.5. The molecular formula is C18H13ClN4O2S. The van der Waals surface area contributed by atoms with Crippen molar-refractivity contribution < 1.29 is 9.63 Å². The summed E-state index contributed by atoms with van der Waals surface area (Å²) in [5, 5.41) is 8.72. The van der Waals surface area contributed by atoms with Crippen molar-refractivity contribution in [2.75, 3.05) is 11.9 Å². The first-order valence-corrected chi connectivity index (χ1v) is 8.96. The van der Waals surface area contributed by atoms with Gasteiger partial charge in [-0.1, -0.05) is 46.3 Å². The van der Waals surface area contributed by atoms with E-state index in [0.717, 1.165) is 26.7 Å². The number of benzene rings is 2. The van der Waals surface area contributed by atoms with Gasteiger partial charge in [0.25, 0.3) is 5.91 Å². The fourth-order valence-corrected chi connectivity index (χ4v) is 3.66. The van der Waals surface area contributed by atoms with Gasteiger partial charge in [-0.3, -0.25) is 10.1 Å². The largest absolute Gasteiger partial charge is 0.386 e. The number of carbonyl (C=O) groups excluding carboxylic acids is 1. The van der Waals surface area contributed by atoms with Gasteiger partial charge < -0.3 is 9.82 Å². The fraction of sp³-hybridized carbons (Fsp3) is 0.0556. The van der Waals surface area contributed by atoms with Crippen LogP contribution in [0.2, 0.25) is 5.02 Å². The van der Waals surface area contributed by atoms with Gasteiger partial charge in [-0.15, -0.1) is 0 Å². The summed E-state index contributed by atoms with van der Waals surface area (Å²) >= 11 is 7.30. The minimum absolute atomic E-state index is 0.199. The number of carbonyl (C=O) groups is 1. The highest BCUT2D eigenvalue weighted by Crippen LogP contribution is 2.28. The van der Waals surface area contributed by atoms with Crippen LogP contribution in [0.5, 0.6) is 0 Å². The topological polar surface area (TPSA) is 79.4 Å². The Bertz CT molecular complexity index is 1120. The van der Waals surface area contributed by atoms with E-state index >= 15 is 0 Å². The minimum atomic E-state index is -0.328. The molecule has 2 N–H and O–H groups in total. The third-order valence-electron chi connectivity index (χ3n) is 3.68. The maximum absolute atomic E-state index is 12.0. The number of H-pyrrole nitrogens is 1. The van der Waals surface area contributed by atoms with Gasteiger partial charge in [0.05, 0.1) is 16.4 Å². The van der Waals surface area contributed by atoms with Gasteiger partial charge in [-0.05, 0) is 24.3 Å². The Kier molecular flexibility index (Phi) is 4.55. The van der Waals surface area contributed by atoms with E-state index in [2.05, 4.69) is 20.4 Å². The van der Waals surface area contributed by atoms with Crippen LogP contribution in [0.15, 0.2) is 53.8 Å². The van der Waals surface area contributed by atoms with Crippen LogP contribution < -0.4 is 5.32 Å². The van der Waals surface area contributed by atoms with Crippen LogP contribution in [0, 0.1) is 0 Å². The molecule has 0 unspecified atom stereocenters. The lowest BCUT2D eigenvalue weighted by Gasteiger charge is -1.99. The van der Waals surface area contributed by atoms with Crippen molar-refractivity contribution in [2.45, 2.75) is 0 Å². The average molecular weight is 385 g/mol. The van der Waals surface area contributed by atoms with E-state index in [1.54, 1.807) is 12.3 Å². The summed E-state index contributed by atoms with van der Waals surface area (Å²) in [4.78, 5) is 24.5. The molecule has 0 spiro atoms. The minimum Gasteiger partial charge on any atom is -0.386 e. The molecule has 4 rings (SSSR count). The smallest absolute Gasteiger partial charge is 0.266 e. The third-order valence-corrected chi connectivity index (χ3v) is 4.85. The molecule has 2 heterocycles. The van der Waals surface area contributed by atoms with Gasteiger partial charge in [0.15, 0.2) is 11.7 Å². The number of aromatic amines is 1. The van der Waals surface area contributed by atoms with E-state index in [1.165, 1.54) is 11.3 Å². The number of nitrogens with zero attached hydrogens (tertiary/aromatic N) is 2. The highest BCUT2D eigenvalue weighted by molar-refractivity contribution is 7.22. The molecule has 0 saturated heterocycles. The van der Waals surface area contributed by atoms with Gasteiger partial charge in [0, 0.05) is 27.7 Å². The van der Waals surface area contributed by atoms with Crippen LogP contribution in [-0.2, 0) is 9.63 Å². The predicted octanol–water partition coefficient (Wildman–Crippen LogP) is 4.42. The first-order chi connectivity index (χ1) is 12.7. The molecule has 6 nitrogen and oxygen atoms in total. The summed E-state index contributed by atoms with van der Waals surface area (Å²) in [5.41, 5.74) is 2.69. The Balaban J connectivity index is 1.34. The summed E-state index contributed by atoms with van der Waals surface area (Å²) in [5.74, 6) is -0.328. The van der Waals surface area contributed by atoms with E-state index in [-0.39, 0.29) is 12.5 Å². The van der Waals surface area contributed by atoms with Crippen molar-refractivity contribution in [3.05, 3.63) is 59.2 Å². The zero-order chi connectivity index (χ0) is 17.9. The molecule has 2 aromatic carbocycles. The molecule has 0 atom stereocenters. The number of aromatic nitrogens is 2. The summed E-state index contributed by atoms with van der Waals surface area (Å²) < 4.78 is 0.908. The predicted molar refractivity (Wildman–Crippen MR) is 105 cm³/mol. The number of hydrogen-bond donors (Lipinski definition) is 2. The molecule has 1 amide bonds. The fourth-order valence-electron chi connectivity index (χ4n) is 2.50. The Morgan fingerprint density at radius 1 is 1.35 bits per heavy atom. The number of nitrogens with one attached hydrogen (secondary N) is 2. The quantitative estimate of drug-likeness (QED) is 0.395. The second kappa shape index (κ2) is 7.15. The van der Waals surface area contributed by atoms with E-state index < -0.39 is 0 Å². The first kappa shape index (κ1) is 16.6. The maximum atomic E-state index is 12.0. The van der Waals surface area contributed by atoms with Crippen molar-refractivity contribution in [3.8, 4) is 0 Å². The molecule has 8 heteroatoms. The van der Waals surface area contributed by atoms with Crippen molar-refractivity contribution >= 4 is 61.3 Å². The van der Waals surface area contributed by atoms with Crippen LogP contribution >= 0.6 is 22.9 Å². The number of fused-ring (bicyclic) bond motifs is 2. The van der Waals surface area contributed by atoms with Gasteiger partial charge in [-0.25, -0.2) is 4.98 Å². The van der Waals surface area contributed by atoms with Crippen LogP contribution in [-0.4, -0.2) is 28.7 Å². The maximum Gasteiger partial charge on any atom is 0.266 e. The highest BCUT2D eigenvalue weighted by Gasteiger charge is 2.08. The molecule has 0 aliphatic heterocycles. The number of para-hydroxylation sites is 1. The lowest BCUT2D eigenvalue weighted by atomic mass is 10.2. The molecule has 0 saturated carbocycles. The second-order valence-corrected chi connectivity index (χ2v) is 6.94. The number of rotatable bonds is 5. The van der Waals surface area contributed by atoms with Gasteiger partial charge in [0.1, 0.15) is 0 Å². The van der Waals surface area contributed by atoms with Crippen LogP contribution in [0.1, 0.15) is 5.56 Å². The SMILES string of the molecule is O=C(CO/N=C/c1c[nH]c2ccccc12)Nc1nc2ccc(Cl)cc2s1. The summed E-state index contributed by atoms with van der Waals surface area (Å²) in [6, 6.07) is 13.3. The zero-order valence-corrected chi connectivity index (χ0v) is 15.0. The Morgan fingerprint density at radius 3 is 3.15 bits per heavy atom. The lowest BCUT2D eigenvalue weighted by Crippen LogP contribution is -2.16. The van der Waals surface area contributed by atoms with E-state index in [4.69, 9.17) is 16.4 Å². The Hall–Kier alpha value is -2.90. The number of halogens is 1. The van der Waals surface area contributed by atoms with Crippen LogP contribution in [0.4, 0.5) is 5.13 Å². The average Bonchev–Trinajstić information content (AvgIpc) is 3.22. The molecule has 0 aliphatic carbocycles. The first-order valence-electron chi connectivity index (χ1n) is 7.76. The molecule has 0 bridgehead atoms. The van der Waals surface area contributed by atoms with Crippen molar-refractivity contribution in [1.82, 2.24) is 9.97 Å². The van der Waals surface area contributed by atoms with E-state index in [0.29, 0.717) is 10.2 Å². The normalized spacial score (nSPS) is 11.4. The molecule has 26 heavy (non-hydrogen) atoms. The molecule has 2 aromatic heterocycles. The molecule has 0 aliphatic rings. The van der Waals surface area contributed by atoms with E-state index in [9.17, 15) is 4.79 Å². The van der Waals surface area contributed by atoms with Crippen molar-refractivity contribution in [3.63, 3.8) is 0 Å². The van der Waals surface area contributed by atoms with Gasteiger partial charge in [0.2, 0.25) is 0 Å². The standard InChI is InChI=1S/C18H13ClN4O2S/c19-12-5-6-15-16(7-12)26-18(22-15)23-17(24)10-25-21-9-11-8-20-14-4-2-1-3-13(11)14/h1-9,20H,10H2,(H,22,23,24)/b21-9+. The van der Waals surface area contributed by atoms with Gasteiger partial charge in [-0.2, -0.15) is 0 Å². The molecular weight excluding hydrogens is 372 g/mol. The van der Waals surface area contributed by atoms with Crippen LogP contribution in [0.3, 0.4) is 0 Å². The van der Waals surface area contributed by atoms with Crippen molar-refractivity contribution in [2.24, 2.45) is 5.16 Å². The second-order valence-electron chi connectivity index (χ2n) is 5.48. The molecule has 0 fully saturated rings. The summed E-state index contributed by atoms with van der Waals surface area (Å²) in [7, 11) is 0. The molecule has 0 radical (unpaired) electrons. The number of anilines is 1. The van der Waals surface area contributed by atoms with E-state index in [1.807, 2.05) is 42.6 Å². The number of amides is 1. The Labute approximate surface area is 157 Å². The summed E-state index contributed by atoms with van der Waals surface area (Å²) in [6.45, 7) is -0.199. The number of thiazole rings is 1. The summed E-state index contributed by atoms with van der Waals surface area (Å²) in [6.07, 6.45) is 3.41. The zero-order valence-electron chi connectivity index (χ0n) is 13.4. The van der Waals surface area contributed by atoms with Gasteiger partial charge >= 0.3 is 0 Å². The van der Waals surface area contributed by atoms with Crippen molar-refractivity contribution in [1.29, 1.82) is 0 Å². The Morgan fingerprint density at radius 2 is 2.23 bits per heavy atom. The number of hydrogen-bond acceptors (Lipinski definition) is 5. The monoisotopic (exact) mass is 384 g/mol. The van der Waals surface area contributed by atoms with Crippen LogP contribution in [0.25, 0.3) is 21.1 Å². The number of oxime groups is 1.